The minimum atomic E-state index is -0.496. The molecule has 7 heteroatoms. The van der Waals surface area contributed by atoms with Crippen LogP contribution in [0.25, 0.3) is 0 Å². The third-order valence-corrected chi connectivity index (χ3v) is 6.01. The highest BCUT2D eigenvalue weighted by atomic mass is 32.2. The lowest BCUT2D eigenvalue weighted by Crippen LogP contribution is -2.31. The predicted octanol–water partition coefficient (Wildman–Crippen LogP) is 4.00. The maximum atomic E-state index is 13.0. The van der Waals surface area contributed by atoms with Gasteiger partial charge in [-0.1, -0.05) is 49.0 Å². The monoisotopic (exact) mass is 421 g/mol. The first-order chi connectivity index (χ1) is 14.6. The highest BCUT2D eigenvalue weighted by molar-refractivity contribution is 8.05. The maximum Gasteiger partial charge on any atom is 0.264 e. The van der Waals surface area contributed by atoms with Crippen LogP contribution in [0.3, 0.4) is 0 Å². The van der Waals surface area contributed by atoms with Crippen LogP contribution in [0.15, 0.2) is 65.2 Å². The van der Waals surface area contributed by atoms with Gasteiger partial charge in [0.1, 0.15) is 22.4 Å². The van der Waals surface area contributed by atoms with Gasteiger partial charge in [0.25, 0.3) is 5.91 Å². The number of nitrogens with zero attached hydrogens (tertiary/aromatic N) is 2. The van der Waals surface area contributed by atoms with Gasteiger partial charge in [0.15, 0.2) is 0 Å². The maximum absolute atomic E-state index is 13.0. The zero-order chi connectivity index (χ0) is 21.5. The van der Waals surface area contributed by atoms with Gasteiger partial charge in [0, 0.05) is 12.2 Å². The molecule has 1 fully saturated rings. The van der Waals surface area contributed by atoms with Gasteiger partial charge in [0.05, 0.1) is 11.9 Å². The molecule has 0 aromatic heterocycles. The van der Waals surface area contributed by atoms with E-state index in [2.05, 4.69) is 5.32 Å². The Hall–Kier alpha value is -3.24. The van der Waals surface area contributed by atoms with Gasteiger partial charge >= 0.3 is 0 Å². The van der Waals surface area contributed by atoms with Crippen LogP contribution in [-0.2, 0) is 16.1 Å². The number of anilines is 1. The third kappa shape index (κ3) is 4.66. The summed E-state index contributed by atoms with van der Waals surface area (Å²) in [6, 6.07) is 18.5. The molecule has 2 aromatic carbocycles. The summed E-state index contributed by atoms with van der Waals surface area (Å²) in [5, 5.41) is 12.5. The Labute approximate surface area is 180 Å². The number of hydrogen-bond donors (Lipinski definition) is 1. The molecule has 0 radical (unpaired) electrons. The Bertz CT molecular complexity index is 981. The lowest BCUT2D eigenvalue weighted by Gasteiger charge is -2.19. The summed E-state index contributed by atoms with van der Waals surface area (Å²) in [6.07, 6.45) is 0.602. The van der Waals surface area contributed by atoms with Crippen LogP contribution in [0.2, 0.25) is 0 Å². The molecule has 1 saturated heterocycles. The summed E-state index contributed by atoms with van der Waals surface area (Å²) in [7, 11) is 0. The second kappa shape index (κ2) is 9.99. The van der Waals surface area contributed by atoms with Gasteiger partial charge in [-0.05, 0) is 43.2 Å². The number of nitrogens with one attached hydrogen (secondary N) is 1. The third-order valence-electron chi connectivity index (χ3n) is 4.58. The summed E-state index contributed by atoms with van der Waals surface area (Å²) >= 11 is 1.26. The van der Waals surface area contributed by atoms with E-state index in [0.717, 1.165) is 5.56 Å². The number of ether oxygens (including phenoxy) is 1. The molecule has 0 saturated carbocycles. The summed E-state index contributed by atoms with van der Waals surface area (Å²) in [5.74, 6) is 0.0637. The molecule has 1 aliphatic rings. The van der Waals surface area contributed by atoms with E-state index in [1.54, 1.807) is 24.3 Å². The number of carbonyl (C=O) groups excluding carboxylic acids is 2. The number of nitriles is 1. The highest BCUT2D eigenvalue weighted by Crippen LogP contribution is 2.42. The first kappa shape index (κ1) is 21.5. The quantitative estimate of drug-likeness (QED) is 0.540. The van der Waals surface area contributed by atoms with Crippen LogP contribution in [0.4, 0.5) is 5.69 Å². The molecule has 0 spiro atoms. The molecular weight excluding hydrogens is 398 g/mol. The van der Waals surface area contributed by atoms with Crippen molar-refractivity contribution in [1.29, 1.82) is 5.26 Å². The number of amides is 2. The zero-order valence-corrected chi connectivity index (χ0v) is 17.7. The fraction of sp³-hybridized carbons (Fsp3) is 0.261. The Morgan fingerprint density at radius 2 is 1.87 bits per heavy atom. The average Bonchev–Trinajstić information content (AvgIpc) is 3.10. The van der Waals surface area contributed by atoms with E-state index in [1.807, 2.05) is 50.2 Å². The lowest BCUT2D eigenvalue weighted by atomic mass is 10.2. The van der Waals surface area contributed by atoms with E-state index in [0.29, 0.717) is 36.0 Å². The van der Waals surface area contributed by atoms with Crippen LogP contribution >= 0.6 is 11.8 Å². The SMILES string of the molecule is CCOc1ccc(N2C(=O)C(CC)S/C2=C(/C#N)C(=O)NCc2ccccc2)cc1. The van der Waals surface area contributed by atoms with Crippen molar-refractivity contribution in [3.63, 3.8) is 0 Å². The second-order valence-electron chi connectivity index (χ2n) is 6.58. The first-order valence-corrected chi connectivity index (χ1v) is 10.7. The van der Waals surface area contributed by atoms with Gasteiger partial charge in [0.2, 0.25) is 5.91 Å². The molecule has 30 heavy (non-hydrogen) atoms. The number of benzene rings is 2. The van der Waals surface area contributed by atoms with Crippen LogP contribution in [0.1, 0.15) is 25.8 Å². The standard InChI is InChI=1S/C23H23N3O3S/c1-3-20-22(28)26(17-10-12-18(13-11-17)29-4-2)23(30-20)19(14-24)21(27)25-15-16-8-6-5-7-9-16/h5-13,20H,3-4,15H2,1-2H3,(H,25,27)/b23-19-. The molecule has 3 rings (SSSR count). The number of rotatable bonds is 7. The van der Waals surface area contributed by atoms with E-state index < -0.39 is 5.91 Å². The van der Waals surface area contributed by atoms with Gasteiger partial charge in [-0.25, -0.2) is 0 Å². The minimum Gasteiger partial charge on any atom is -0.494 e. The lowest BCUT2D eigenvalue weighted by molar-refractivity contribution is -0.117. The molecular formula is C23H23N3O3S. The normalized spacial score (nSPS) is 17.4. The van der Waals surface area contributed by atoms with Crippen LogP contribution in [-0.4, -0.2) is 23.7 Å². The Kier molecular flexibility index (Phi) is 7.15. The van der Waals surface area contributed by atoms with Crippen molar-refractivity contribution in [2.24, 2.45) is 0 Å². The van der Waals surface area contributed by atoms with Crippen molar-refractivity contribution in [3.8, 4) is 11.8 Å². The van der Waals surface area contributed by atoms with Crippen LogP contribution in [0.5, 0.6) is 5.75 Å². The fourth-order valence-corrected chi connectivity index (χ4v) is 4.27. The summed E-state index contributed by atoms with van der Waals surface area (Å²) < 4.78 is 5.46. The van der Waals surface area contributed by atoms with E-state index >= 15 is 0 Å². The first-order valence-electron chi connectivity index (χ1n) is 9.79. The molecule has 2 amide bonds. The summed E-state index contributed by atoms with van der Waals surface area (Å²) in [5.41, 5.74) is 1.47. The number of hydrogen-bond acceptors (Lipinski definition) is 5. The topological polar surface area (TPSA) is 82.4 Å². The van der Waals surface area contributed by atoms with Crippen molar-refractivity contribution in [2.75, 3.05) is 11.5 Å². The van der Waals surface area contributed by atoms with E-state index in [9.17, 15) is 14.9 Å². The van der Waals surface area contributed by atoms with Crippen molar-refractivity contribution in [1.82, 2.24) is 5.32 Å². The largest absolute Gasteiger partial charge is 0.494 e. The zero-order valence-electron chi connectivity index (χ0n) is 16.9. The molecule has 154 valence electrons. The van der Waals surface area contributed by atoms with E-state index in [-0.39, 0.29) is 16.7 Å². The second-order valence-corrected chi connectivity index (χ2v) is 7.77. The molecule has 1 aliphatic heterocycles. The molecule has 1 atom stereocenters. The minimum absolute atomic E-state index is 0.0610. The number of carbonyl (C=O) groups is 2. The Morgan fingerprint density at radius 1 is 1.17 bits per heavy atom. The highest BCUT2D eigenvalue weighted by Gasteiger charge is 2.39. The molecule has 1 N–H and O–H groups in total. The molecule has 0 aliphatic carbocycles. The average molecular weight is 422 g/mol. The van der Waals surface area contributed by atoms with Crippen molar-refractivity contribution >= 4 is 29.3 Å². The molecule has 6 nitrogen and oxygen atoms in total. The van der Waals surface area contributed by atoms with Crippen LogP contribution in [0, 0.1) is 11.3 Å². The fourth-order valence-electron chi connectivity index (χ4n) is 3.08. The van der Waals surface area contributed by atoms with Crippen molar-refractivity contribution in [3.05, 3.63) is 70.8 Å². The molecule has 1 heterocycles. The van der Waals surface area contributed by atoms with Gasteiger partial charge in [-0.15, -0.1) is 0 Å². The van der Waals surface area contributed by atoms with E-state index in [4.69, 9.17) is 4.74 Å². The van der Waals surface area contributed by atoms with E-state index in [1.165, 1.54) is 16.7 Å². The summed E-state index contributed by atoms with van der Waals surface area (Å²) in [4.78, 5) is 27.2. The summed E-state index contributed by atoms with van der Waals surface area (Å²) in [6.45, 7) is 4.66. The molecule has 2 aromatic rings. The van der Waals surface area contributed by atoms with Crippen molar-refractivity contribution < 1.29 is 14.3 Å². The van der Waals surface area contributed by atoms with Gasteiger partial charge < -0.3 is 10.1 Å². The van der Waals surface area contributed by atoms with Gasteiger partial charge in [-0.3, -0.25) is 14.5 Å². The molecule has 1 unspecified atom stereocenters. The Balaban J connectivity index is 1.91. The number of thioether (sulfide) groups is 1. The van der Waals surface area contributed by atoms with Crippen molar-refractivity contribution in [2.45, 2.75) is 32.1 Å². The predicted molar refractivity (Wildman–Crippen MR) is 118 cm³/mol. The smallest absolute Gasteiger partial charge is 0.264 e. The molecule has 0 bridgehead atoms. The Morgan fingerprint density at radius 3 is 2.47 bits per heavy atom. The van der Waals surface area contributed by atoms with Crippen LogP contribution < -0.4 is 15.0 Å². The van der Waals surface area contributed by atoms with Gasteiger partial charge in [-0.2, -0.15) is 5.26 Å².